The van der Waals surface area contributed by atoms with E-state index in [9.17, 15) is 4.79 Å². The molecule has 0 saturated carbocycles. The zero-order valence-electron chi connectivity index (χ0n) is 15.9. The molecule has 0 aliphatic carbocycles. The van der Waals surface area contributed by atoms with Crippen molar-refractivity contribution in [2.75, 3.05) is 18.8 Å². The van der Waals surface area contributed by atoms with Gasteiger partial charge < -0.3 is 11.1 Å². The fourth-order valence-corrected chi connectivity index (χ4v) is 4.08. The molecule has 2 heterocycles. The van der Waals surface area contributed by atoms with Gasteiger partial charge in [-0.25, -0.2) is 4.98 Å². The van der Waals surface area contributed by atoms with E-state index < -0.39 is 0 Å². The molecular formula is C21H28N4O. The number of nitrogen functional groups attached to an aromatic ring is 1. The summed E-state index contributed by atoms with van der Waals surface area (Å²) in [5.41, 5.74) is 10.8. The highest BCUT2D eigenvalue weighted by Gasteiger charge is 2.22. The van der Waals surface area contributed by atoms with E-state index in [1.807, 2.05) is 19.1 Å². The zero-order chi connectivity index (χ0) is 18.8. The molecule has 1 aliphatic rings. The molecule has 138 valence electrons. The van der Waals surface area contributed by atoms with Gasteiger partial charge in [-0.05, 0) is 69.0 Å². The van der Waals surface area contributed by atoms with Crippen molar-refractivity contribution in [1.29, 1.82) is 5.41 Å². The minimum Gasteiger partial charge on any atom is -0.383 e. The first-order valence-electron chi connectivity index (χ1n) is 9.40. The largest absolute Gasteiger partial charge is 0.383 e. The standard InChI is InChI=1S/C21H28N4O/c1-4-15-5-7-25(8-6-15)11-18-17-10-16(12-26)9-13(2)20(17)24-21(23)19(18)14(3)22/h9-10,12,15,22H,4-8,11H2,1-3H3,(H2,23,24). The molecular weight excluding hydrogens is 324 g/mol. The zero-order valence-corrected chi connectivity index (χ0v) is 15.9. The second-order valence-electron chi connectivity index (χ2n) is 7.46. The second-order valence-corrected chi connectivity index (χ2v) is 7.46. The van der Waals surface area contributed by atoms with E-state index in [1.54, 1.807) is 6.92 Å². The minimum atomic E-state index is 0.408. The first kappa shape index (κ1) is 18.5. The molecule has 0 atom stereocenters. The maximum Gasteiger partial charge on any atom is 0.150 e. The third kappa shape index (κ3) is 3.49. The van der Waals surface area contributed by atoms with Crippen LogP contribution < -0.4 is 5.73 Å². The number of hydrogen-bond donors (Lipinski definition) is 2. The van der Waals surface area contributed by atoms with Crippen molar-refractivity contribution in [1.82, 2.24) is 9.88 Å². The number of pyridine rings is 1. The molecule has 0 unspecified atom stereocenters. The molecule has 0 bridgehead atoms. The Hall–Kier alpha value is -2.27. The van der Waals surface area contributed by atoms with Gasteiger partial charge in [0.2, 0.25) is 0 Å². The van der Waals surface area contributed by atoms with Crippen molar-refractivity contribution < 1.29 is 4.79 Å². The Kier molecular flexibility index (Phi) is 5.37. The average molecular weight is 352 g/mol. The van der Waals surface area contributed by atoms with Crippen molar-refractivity contribution >= 4 is 28.7 Å². The SMILES string of the molecule is CCC1CCN(Cc2c(C(C)=N)c(N)nc3c(C)cc(C=O)cc23)CC1. The van der Waals surface area contributed by atoms with E-state index in [2.05, 4.69) is 16.8 Å². The van der Waals surface area contributed by atoms with Crippen LogP contribution in [0.25, 0.3) is 10.9 Å². The van der Waals surface area contributed by atoms with Crippen molar-refractivity contribution in [3.8, 4) is 0 Å². The monoisotopic (exact) mass is 352 g/mol. The van der Waals surface area contributed by atoms with Crippen molar-refractivity contribution in [2.24, 2.45) is 5.92 Å². The van der Waals surface area contributed by atoms with Crippen LogP contribution >= 0.6 is 0 Å². The maximum absolute atomic E-state index is 11.4. The van der Waals surface area contributed by atoms with Gasteiger partial charge in [-0.2, -0.15) is 0 Å². The summed E-state index contributed by atoms with van der Waals surface area (Å²) in [6, 6.07) is 3.73. The van der Waals surface area contributed by atoms with E-state index in [0.29, 0.717) is 17.1 Å². The Morgan fingerprint density at radius 3 is 2.65 bits per heavy atom. The van der Waals surface area contributed by atoms with Crippen LogP contribution in [0.1, 0.15) is 60.2 Å². The van der Waals surface area contributed by atoms with Gasteiger partial charge in [0.1, 0.15) is 12.1 Å². The number of benzene rings is 1. The molecule has 5 nitrogen and oxygen atoms in total. The van der Waals surface area contributed by atoms with Crippen LogP contribution in [0.3, 0.4) is 0 Å². The summed E-state index contributed by atoms with van der Waals surface area (Å²) >= 11 is 0. The summed E-state index contributed by atoms with van der Waals surface area (Å²) in [5.74, 6) is 1.23. The Labute approximate surface area is 155 Å². The normalized spacial score (nSPS) is 16.1. The Bertz CT molecular complexity index is 851. The quantitative estimate of drug-likeness (QED) is 0.630. The van der Waals surface area contributed by atoms with E-state index in [4.69, 9.17) is 11.1 Å². The topological polar surface area (TPSA) is 83.1 Å². The lowest BCUT2D eigenvalue weighted by atomic mass is 9.92. The Balaban J connectivity index is 2.11. The molecule has 0 radical (unpaired) electrons. The number of fused-ring (bicyclic) bond motifs is 1. The predicted octanol–water partition coefficient (Wildman–Crippen LogP) is 3.95. The molecule has 1 fully saturated rings. The smallest absolute Gasteiger partial charge is 0.150 e. The third-order valence-electron chi connectivity index (χ3n) is 5.62. The molecule has 5 heteroatoms. The van der Waals surface area contributed by atoms with Crippen LogP contribution in [0.5, 0.6) is 0 Å². The fourth-order valence-electron chi connectivity index (χ4n) is 4.08. The van der Waals surface area contributed by atoms with Gasteiger partial charge in [0.25, 0.3) is 0 Å². The molecule has 1 aromatic carbocycles. The van der Waals surface area contributed by atoms with E-state index in [0.717, 1.165) is 59.4 Å². The summed E-state index contributed by atoms with van der Waals surface area (Å²) in [5, 5.41) is 9.16. The number of aromatic nitrogens is 1. The molecule has 2 aromatic rings. The lowest BCUT2D eigenvalue weighted by molar-refractivity contribution is 0.112. The Morgan fingerprint density at radius 2 is 2.08 bits per heavy atom. The lowest BCUT2D eigenvalue weighted by Gasteiger charge is -2.32. The van der Waals surface area contributed by atoms with Gasteiger partial charge in [-0.3, -0.25) is 9.69 Å². The number of hydrogen-bond acceptors (Lipinski definition) is 5. The first-order chi connectivity index (χ1) is 12.4. The molecule has 0 amide bonds. The summed E-state index contributed by atoms with van der Waals surface area (Å²) in [7, 11) is 0. The van der Waals surface area contributed by atoms with Gasteiger partial charge in [-0.15, -0.1) is 0 Å². The number of carbonyl (C=O) groups excluding carboxylic acids is 1. The van der Waals surface area contributed by atoms with E-state index in [-0.39, 0.29) is 0 Å². The molecule has 1 aromatic heterocycles. The summed E-state index contributed by atoms with van der Waals surface area (Å²) in [6.45, 7) is 8.83. The highest BCUT2D eigenvalue weighted by molar-refractivity contribution is 6.06. The number of rotatable bonds is 5. The number of nitrogens with two attached hydrogens (primary N) is 1. The van der Waals surface area contributed by atoms with E-state index in [1.165, 1.54) is 19.3 Å². The number of aryl methyl sites for hydroxylation is 1. The first-order valence-corrected chi connectivity index (χ1v) is 9.40. The Morgan fingerprint density at radius 1 is 1.38 bits per heavy atom. The van der Waals surface area contributed by atoms with E-state index >= 15 is 0 Å². The number of carbonyl (C=O) groups is 1. The van der Waals surface area contributed by atoms with Gasteiger partial charge in [0, 0.05) is 28.8 Å². The van der Waals surface area contributed by atoms with Crippen molar-refractivity contribution in [3.05, 3.63) is 34.4 Å². The number of nitrogens with one attached hydrogen (secondary N) is 1. The highest BCUT2D eigenvalue weighted by Crippen LogP contribution is 2.31. The molecule has 3 rings (SSSR count). The lowest BCUT2D eigenvalue weighted by Crippen LogP contribution is -2.33. The maximum atomic E-state index is 11.4. The molecule has 26 heavy (non-hydrogen) atoms. The van der Waals surface area contributed by atoms with Crippen LogP contribution in [0.2, 0.25) is 0 Å². The molecule has 1 aliphatic heterocycles. The van der Waals surface area contributed by atoms with Crippen LogP contribution in [0.15, 0.2) is 12.1 Å². The number of likely N-dealkylation sites (tertiary alicyclic amines) is 1. The van der Waals surface area contributed by atoms with Gasteiger partial charge >= 0.3 is 0 Å². The number of piperidine rings is 1. The molecule has 0 spiro atoms. The number of nitrogens with zero attached hydrogens (tertiary/aromatic N) is 2. The number of aldehydes is 1. The fraction of sp³-hybridized carbons (Fsp3) is 0.476. The third-order valence-corrected chi connectivity index (χ3v) is 5.62. The van der Waals surface area contributed by atoms with Crippen LogP contribution in [-0.2, 0) is 6.54 Å². The summed E-state index contributed by atoms with van der Waals surface area (Å²) in [6.07, 6.45) is 4.54. The average Bonchev–Trinajstić information content (AvgIpc) is 2.62. The van der Waals surface area contributed by atoms with Crippen LogP contribution in [0, 0.1) is 18.3 Å². The van der Waals surface area contributed by atoms with Crippen LogP contribution in [-0.4, -0.2) is 35.0 Å². The highest BCUT2D eigenvalue weighted by atomic mass is 16.1. The predicted molar refractivity (Wildman–Crippen MR) is 107 cm³/mol. The minimum absolute atomic E-state index is 0.408. The van der Waals surface area contributed by atoms with Crippen LogP contribution in [0.4, 0.5) is 5.82 Å². The number of anilines is 1. The van der Waals surface area contributed by atoms with Crippen molar-refractivity contribution in [3.63, 3.8) is 0 Å². The van der Waals surface area contributed by atoms with Gasteiger partial charge in [0.15, 0.2) is 0 Å². The second kappa shape index (κ2) is 7.54. The van der Waals surface area contributed by atoms with Crippen molar-refractivity contribution in [2.45, 2.75) is 46.6 Å². The summed E-state index contributed by atoms with van der Waals surface area (Å²) in [4.78, 5) is 18.4. The molecule has 1 saturated heterocycles. The van der Waals surface area contributed by atoms with Gasteiger partial charge in [-0.1, -0.05) is 13.3 Å². The summed E-state index contributed by atoms with van der Waals surface area (Å²) < 4.78 is 0. The molecule has 3 N–H and O–H groups in total. The van der Waals surface area contributed by atoms with Gasteiger partial charge in [0.05, 0.1) is 5.52 Å².